The predicted octanol–water partition coefficient (Wildman–Crippen LogP) is 0.941. The maximum Gasteiger partial charge on any atom is 0.152 e. The van der Waals surface area contributed by atoms with Crippen LogP contribution in [-0.2, 0) is 9.84 Å². The molecule has 2 N–H and O–H groups in total. The van der Waals surface area contributed by atoms with Crippen LogP contribution in [0, 0.1) is 0 Å². The van der Waals surface area contributed by atoms with Gasteiger partial charge in [-0.2, -0.15) is 0 Å². The van der Waals surface area contributed by atoms with Crippen molar-refractivity contribution in [1.82, 2.24) is 4.98 Å². The van der Waals surface area contributed by atoms with Gasteiger partial charge in [0.25, 0.3) is 0 Å². The van der Waals surface area contributed by atoms with Crippen LogP contribution in [0.4, 0.5) is 11.4 Å². The van der Waals surface area contributed by atoms with E-state index in [-0.39, 0.29) is 5.25 Å². The number of nitrogens with two attached hydrogens (primary N) is 1. The third kappa shape index (κ3) is 2.47. The van der Waals surface area contributed by atoms with Crippen molar-refractivity contribution in [3.63, 3.8) is 0 Å². The van der Waals surface area contributed by atoms with Crippen molar-refractivity contribution in [2.24, 2.45) is 0 Å². The van der Waals surface area contributed by atoms with E-state index in [0.29, 0.717) is 35.9 Å². The van der Waals surface area contributed by atoms with Gasteiger partial charge in [-0.25, -0.2) is 8.42 Å². The largest absolute Gasteiger partial charge is 0.396 e. The van der Waals surface area contributed by atoms with Gasteiger partial charge in [-0.3, -0.25) is 4.98 Å². The first-order valence-corrected chi connectivity index (χ1v) is 7.55. The number of sulfone groups is 1. The molecule has 1 atom stereocenters. The Morgan fingerprint density at radius 1 is 1.53 bits per heavy atom. The van der Waals surface area contributed by atoms with Crippen molar-refractivity contribution in [1.29, 1.82) is 0 Å². The molecule has 5 nitrogen and oxygen atoms in total. The molecule has 1 aliphatic rings. The van der Waals surface area contributed by atoms with Crippen LogP contribution >= 0.6 is 11.6 Å². The predicted molar refractivity (Wildman–Crippen MR) is 69.1 cm³/mol. The normalized spacial score (nSPS) is 20.8. The molecule has 0 radical (unpaired) electrons. The molecule has 1 saturated heterocycles. The second-order valence-corrected chi connectivity index (χ2v) is 6.98. The summed E-state index contributed by atoms with van der Waals surface area (Å²) >= 11 is 6.04. The van der Waals surface area contributed by atoms with Crippen LogP contribution in [-0.4, -0.2) is 38.0 Å². The third-order valence-corrected chi connectivity index (χ3v) is 4.84. The summed E-state index contributed by atoms with van der Waals surface area (Å²) in [6.07, 6.45) is 4.91. The molecule has 94 valence electrons. The number of rotatable bonds is 2. The lowest BCUT2D eigenvalue weighted by Crippen LogP contribution is -2.26. The number of pyridine rings is 1. The first-order chi connectivity index (χ1) is 7.89. The molecule has 0 bridgehead atoms. The van der Waals surface area contributed by atoms with Crippen molar-refractivity contribution >= 4 is 32.8 Å². The van der Waals surface area contributed by atoms with Crippen LogP contribution in [0.25, 0.3) is 0 Å². The average Bonchev–Trinajstić information content (AvgIpc) is 2.65. The Kier molecular flexibility index (Phi) is 3.18. The Balaban J connectivity index is 2.27. The van der Waals surface area contributed by atoms with Gasteiger partial charge in [0.05, 0.1) is 27.8 Å². The molecule has 2 rings (SSSR count). The highest BCUT2D eigenvalue weighted by molar-refractivity contribution is 7.91. The summed E-state index contributed by atoms with van der Waals surface area (Å²) in [6.45, 7) is 1.08. The van der Waals surface area contributed by atoms with Gasteiger partial charge in [-0.1, -0.05) is 11.6 Å². The molecule has 0 amide bonds. The number of hydrogen-bond acceptors (Lipinski definition) is 5. The van der Waals surface area contributed by atoms with Gasteiger partial charge in [0.1, 0.15) is 0 Å². The fourth-order valence-corrected chi connectivity index (χ4v) is 3.33. The summed E-state index contributed by atoms with van der Waals surface area (Å²) in [5, 5.41) is 0.116. The molecule has 0 spiro atoms. The number of halogens is 1. The van der Waals surface area contributed by atoms with E-state index in [2.05, 4.69) is 4.98 Å². The van der Waals surface area contributed by atoms with E-state index in [9.17, 15) is 8.42 Å². The van der Waals surface area contributed by atoms with Gasteiger partial charge >= 0.3 is 0 Å². The van der Waals surface area contributed by atoms with Gasteiger partial charge in [-0.15, -0.1) is 0 Å². The van der Waals surface area contributed by atoms with Gasteiger partial charge < -0.3 is 10.6 Å². The topological polar surface area (TPSA) is 76.3 Å². The Morgan fingerprint density at radius 2 is 2.24 bits per heavy atom. The van der Waals surface area contributed by atoms with Crippen molar-refractivity contribution in [2.45, 2.75) is 11.7 Å². The van der Waals surface area contributed by atoms with Crippen molar-refractivity contribution in [2.75, 3.05) is 30.0 Å². The molecule has 1 aromatic heterocycles. The SMILES string of the molecule is CS(=O)(=O)C1CCN(c2c(N)cncc2Cl)C1. The molecule has 7 heteroatoms. The minimum atomic E-state index is -3.01. The van der Waals surface area contributed by atoms with Gasteiger partial charge in [0, 0.05) is 25.5 Å². The Labute approximate surface area is 105 Å². The summed E-state index contributed by atoms with van der Waals surface area (Å²) in [5.74, 6) is 0. The zero-order chi connectivity index (χ0) is 12.6. The monoisotopic (exact) mass is 275 g/mol. The summed E-state index contributed by atoms with van der Waals surface area (Å²) < 4.78 is 23.0. The number of hydrogen-bond donors (Lipinski definition) is 1. The number of nitrogen functional groups attached to an aromatic ring is 1. The Hall–Kier alpha value is -1.01. The maximum absolute atomic E-state index is 11.5. The molecular formula is C10H14ClN3O2S. The first kappa shape index (κ1) is 12.4. The third-order valence-electron chi connectivity index (χ3n) is 2.97. The minimum Gasteiger partial charge on any atom is -0.396 e. The van der Waals surface area contributed by atoms with Crippen LogP contribution in [0.5, 0.6) is 0 Å². The second kappa shape index (κ2) is 4.34. The molecule has 1 aromatic rings. The molecule has 0 aromatic carbocycles. The molecule has 0 aliphatic carbocycles. The number of anilines is 2. The van der Waals surface area contributed by atoms with Crippen molar-refractivity contribution in [3.05, 3.63) is 17.4 Å². The van der Waals surface area contributed by atoms with E-state index in [4.69, 9.17) is 17.3 Å². The Morgan fingerprint density at radius 3 is 2.76 bits per heavy atom. The summed E-state index contributed by atoms with van der Waals surface area (Å²) in [6, 6.07) is 0. The molecule has 1 aliphatic heterocycles. The van der Waals surface area contributed by atoms with Gasteiger partial charge in [0.2, 0.25) is 0 Å². The highest BCUT2D eigenvalue weighted by Crippen LogP contribution is 2.34. The van der Waals surface area contributed by atoms with Gasteiger partial charge in [0.15, 0.2) is 9.84 Å². The van der Waals surface area contributed by atoms with Crippen molar-refractivity contribution < 1.29 is 8.42 Å². The molecule has 17 heavy (non-hydrogen) atoms. The lowest BCUT2D eigenvalue weighted by Gasteiger charge is -2.21. The second-order valence-electron chi connectivity index (χ2n) is 4.25. The van der Waals surface area contributed by atoms with Gasteiger partial charge in [-0.05, 0) is 6.42 Å². The van der Waals surface area contributed by atoms with Crippen LogP contribution in [0.15, 0.2) is 12.4 Å². The molecule has 1 fully saturated rings. The van der Waals surface area contributed by atoms with E-state index in [1.54, 1.807) is 0 Å². The summed E-state index contributed by atoms with van der Waals surface area (Å²) in [5.41, 5.74) is 6.98. The van der Waals surface area contributed by atoms with Crippen LogP contribution in [0.1, 0.15) is 6.42 Å². The lowest BCUT2D eigenvalue weighted by atomic mass is 10.3. The van der Waals surface area contributed by atoms with E-state index < -0.39 is 9.84 Å². The molecule has 0 saturated carbocycles. The maximum atomic E-state index is 11.5. The highest BCUT2D eigenvalue weighted by atomic mass is 35.5. The Bertz CT molecular complexity index is 512. The highest BCUT2D eigenvalue weighted by Gasteiger charge is 2.31. The fraction of sp³-hybridized carbons (Fsp3) is 0.500. The number of nitrogens with zero attached hydrogens (tertiary/aromatic N) is 2. The smallest absolute Gasteiger partial charge is 0.152 e. The van der Waals surface area contributed by atoms with Crippen LogP contribution in [0.3, 0.4) is 0 Å². The minimum absolute atomic E-state index is 0.342. The van der Waals surface area contributed by atoms with Crippen LogP contribution in [0.2, 0.25) is 5.02 Å². The quantitative estimate of drug-likeness (QED) is 0.869. The zero-order valence-corrected chi connectivity index (χ0v) is 11.0. The summed E-state index contributed by atoms with van der Waals surface area (Å²) in [7, 11) is -3.01. The van der Waals surface area contributed by atoms with E-state index in [0.717, 1.165) is 0 Å². The standard InChI is InChI=1S/C10H14ClN3O2S/c1-17(15,16)7-2-3-14(6-7)10-8(11)4-13-5-9(10)12/h4-5,7H,2-3,6,12H2,1H3. The van der Waals surface area contributed by atoms with E-state index >= 15 is 0 Å². The molecule has 2 heterocycles. The first-order valence-electron chi connectivity index (χ1n) is 5.22. The van der Waals surface area contributed by atoms with Crippen LogP contribution < -0.4 is 10.6 Å². The zero-order valence-electron chi connectivity index (χ0n) is 9.43. The van der Waals surface area contributed by atoms with E-state index in [1.165, 1.54) is 18.6 Å². The molecule has 1 unspecified atom stereocenters. The van der Waals surface area contributed by atoms with E-state index in [1.807, 2.05) is 4.90 Å². The number of aromatic nitrogens is 1. The van der Waals surface area contributed by atoms with Crippen molar-refractivity contribution in [3.8, 4) is 0 Å². The lowest BCUT2D eigenvalue weighted by molar-refractivity contribution is 0.589. The fourth-order valence-electron chi connectivity index (χ4n) is 2.06. The summed E-state index contributed by atoms with van der Waals surface area (Å²) in [4.78, 5) is 5.79. The average molecular weight is 276 g/mol. The molecular weight excluding hydrogens is 262 g/mol.